The fraction of sp³-hybridized carbons (Fsp3) is 0.444. The molecule has 0 amide bonds. The molecule has 1 fully saturated rings. The van der Waals surface area contributed by atoms with Gasteiger partial charge in [0.25, 0.3) is 0 Å². The highest BCUT2D eigenvalue weighted by atomic mass is 16.5. The van der Waals surface area contributed by atoms with Crippen LogP contribution in [0.4, 0.5) is 0 Å². The molecular formula is C18H21NO2. The molecule has 3 rings (SSSR count). The molecule has 0 bridgehead atoms. The zero-order chi connectivity index (χ0) is 14.7. The number of carbonyl (C=O) groups excluding carboxylic acids is 1. The van der Waals surface area contributed by atoms with Crippen LogP contribution >= 0.6 is 0 Å². The van der Waals surface area contributed by atoms with Gasteiger partial charge in [-0.25, -0.2) is 0 Å². The lowest BCUT2D eigenvalue weighted by atomic mass is 9.85. The normalized spacial score (nSPS) is 18.3. The lowest BCUT2D eigenvalue weighted by Crippen LogP contribution is -2.40. The van der Waals surface area contributed by atoms with Crippen LogP contribution in [0.15, 0.2) is 36.5 Å². The quantitative estimate of drug-likeness (QED) is 0.627. The van der Waals surface area contributed by atoms with Crippen LogP contribution in [-0.4, -0.2) is 23.5 Å². The Morgan fingerprint density at radius 2 is 1.90 bits per heavy atom. The van der Waals surface area contributed by atoms with E-state index in [2.05, 4.69) is 4.98 Å². The Hall–Kier alpha value is -1.74. The van der Waals surface area contributed by atoms with Gasteiger partial charge in [0.1, 0.15) is 5.60 Å². The number of aromatic nitrogens is 1. The Morgan fingerprint density at radius 3 is 2.62 bits per heavy atom. The highest BCUT2D eigenvalue weighted by molar-refractivity contribution is 6.04. The standard InChI is InChI=1S/C18H21NO2/c1-21-18(10-4-2-3-5-11-18)17(20)15-8-9-16-14(13-15)7-6-12-19-16/h6-9,12-13H,2-5,10-11H2,1H3. The van der Waals surface area contributed by atoms with Crippen LogP contribution in [0.3, 0.4) is 0 Å². The summed E-state index contributed by atoms with van der Waals surface area (Å²) in [6.07, 6.45) is 7.94. The predicted molar refractivity (Wildman–Crippen MR) is 83.5 cm³/mol. The van der Waals surface area contributed by atoms with E-state index < -0.39 is 5.60 Å². The summed E-state index contributed by atoms with van der Waals surface area (Å²) in [7, 11) is 1.67. The largest absolute Gasteiger partial charge is 0.370 e. The highest BCUT2D eigenvalue weighted by Crippen LogP contribution is 2.33. The molecule has 110 valence electrons. The van der Waals surface area contributed by atoms with Gasteiger partial charge in [-0.05, 0) is 37.1 Å². The molecule has 1 aromatic heterocycles. The first-order valence-electron chi connectivity index (χ1n) is 7.70. The lowest BCUT2D eigenvalue weighted by Gasteiger charge is -2.29. The third-order valence-electron chi connectivity index (χ3n) is 4.58. The Morgan fingerprint density at radius 1 is 1.14 bits per heavy atom. The van der Waals surface area contributed by atoms with Crippen molar-refractivity contribution in [2.24, 2.45) is 0 Å². The Bertz CT molecular complexity index is 642. The maximum Gasteiger partial charge on any atom is 0.194 e. The molecule has 0 unspecified atom stereocenters. The average molecular weight is 283 g/mol. The highest BCUT2D eigenvalue weighted by Gasteiger charge is 2.39. The fourth-order valence-electron chi connectivity index (χ4n) is 3.30. The summed E-state index contributed by atoms with van der Waals surface area (Å²) in [5.74, 6) is 0.123. The lowest BCUT2D eigenvalue weighted by molar-refractivity contribution is -0.00691. The van der Waals surface area contributed by atoms with Crippen molar-refractivity contribution in [1.29, 1.82) is 0 Å². The third-order valence-corrected chi connectivity index (χ3v) is 4.58. The first-order chi connectivity index (χ1) is 10.2. The molecule has 0 spiro atoms. The van der Waals surface area contributed by atoms with E-state index in [1.54, 1.807) is 13.3 Å². The van der Waals surface area contributed by atoms with Crippen LogP contribution in [0.1, 0.15) is 48.9 Å². The molecule has 1 aromatic carbocycles. The maximum absolute atomic E-state index is 13.0. The van der Waals surface area contributed by atoms with Crippen LogP contribution in [0.2, 0.25) is 0 Å². The minimum absolute atomic E-state index is 0.123. The van der Waals surface area contributed by atoms with Gasteiger partial charge in [-0.15, -0.1) is 0 Å². The second kappa shape index (κ2) is 5.94. The smallest absolute Gasteiger partial charge is 0.194 e. The van der Waals surface area contributed by atoms with Crippen molar-refractivity contribution in [3.63, 3.8) is 0 Å². The summed E-state index contributed by atoms with van der Waals surface area (Å²) in [5, 5.41) is 1.00. The van der Waals surface area contributed by atoms with Crippen LogP contribution < -0.4 is 0 Å². The van der Waals surface area contributed by atoms with E-state index in [-0.39, 0.29) is 5.78 Å². The van der Waals surface area contributed by atoms with Crippen LogP contribution in [0.5, 0.6) is 0 Å². The van der Waals surface area contributed by atoms with Gasteiger partial charge in [0.05, 0.1) is 5.52 Å². The summed E-state index contributed by atoms with van der Waals surface area (Å²) in [4.78, 5) is 17.3. The number of hydrogen-bond acceptors (Lipinski definition) is 3. The maximum atomic E-state index is 13.0. The van der Waals surface area contributed by atoms with Gasteiger partial charge in [0, 0.05) is 24.3 Å². The first-order valence-corrected chi connectivity index (χ1v) is 7.70. The van der Waals surface area contributed by atoms with Gasteiger partial charge in [0.2, 0.25) is 0 Å². The average Bonchev–Trinajstić information content (AvgIpc) is 2.80. The summed E-state index contributed by atoms with van der Waals surface area (Å²) in [6.45, 7) is 0. The van der Waals surface area contributed by atoms with Crippen molar-refractivity contribution < 1.29 is 9.53 Å². The molecule has 3 nitrogen and oxygen atoms in total. The number of carbonyl (C=O) groups is 1. The zero-order valence-electron chi connectivity index (χ0n) is 12.5. The van der Waals surface area contributed by atoms with E-state index >= 15 is 0 Å². The molecule has 0 saturated heterocycles. The number of rotatable bonds is 3. The van der Waals surface area contributed by atoms with Gasteiger partial charge >= 0.3 is 0 Å². The number of pyridine rings is 1. The van der Waals surface area contributed by atoms with Gasteiger partial charge < -0.3 is 4.74 Å². The molecule has 2 aromatic rings. The van der Waals surface area contributed by atoms with E-state index in [1.807, 2.05) is 30.3 Å². The fourth-order valence-corrected chi connectivity index (χ4v) is 3.30. The van der Waals surface area contributed by atoms with Gasteiger partial charge in [-0.2, -0.15) is 0 Å². The molecule has 1 heterocycles. The number of ether oxygens (including phenoxy) is 1. The summed E-state index contributed by atoms with van der Waals surface area (Å²) in [6, 6.07) is 9.63. The van der Waals surface area contributed by atoms with Crippen molar-refractivity contribution in [1.82, 2.24) is 4.98 Å². The van der Waals surface area contributed by atoms with E-state index in [0.717, 1.165) is 42.1 Å². The third kappa shape index (κ3) is 2.70. The van der Waals surface area contributed by atoms with Crippen LogP contribution in [0.25, 0.3) is 10.9 Å². The number of benzene rings is 1. The number of Topliss-reactive ketones (excluding diaryl/α,β-unsaturated/α-hetero) is 1. The summed E-state index contributed by atoms with van der Waals surface area (Å²) >= 11 is 0. The molecule has 0 aliphatic heterocycles. The first kappa shape index (κ1) is 14.2. The number of methoxy groups -OCH3 is 1. The van der Waals surface area contributed by atoms with Crippen LogP contribution in [-0.2, 0) is 4.74 Å². The number of ketones is 1. The molecule has 1 saturated carbocycles. The minimum Gasteiger partial charge on any atom is -0.370 e. The van der Waals surface area contributed by atoms with E-state index in [1.165, 1.54) is 12.8 Å². The number of nitrogens with zero attached hydrogens (tertiary/aromatic N) is 1. The molecule has 0 atom stereocenters. The molecule has 0 radical (unpaired) electrons. The van der Waals surface area contributed by atoms with E-state index in [4.69, 9.17) is 4.74 Å². The van der Waals surface area contributed by atoms with E-state index in [9.17, 15) is 4.79 Å². The monoisotopic (exact) mass is 283 g/mol. The van der Waals surface area contributed by atoms with Crippen molar-refractivity contribution >= 4 is 16.7 Å². The van der Waals surface area contributed by atoms with Crippen molar-refractivity contribution in [3.8, 4) is 0 Å². The zero-order valence-corrected chi connectivity index (χ0v) is 12.5. The number of hydrogen-bond donors (Lipinski definition) is 0. The topological polar surface area (TPSA) is 39.2 Å². The Kier molecular flexibility index (Phi) is 4.02. The second-order valence-corrected chi connectivity index (χ2v) is 5.85. The van der Waals surface area contributed by atoms with Gasteiger partial charge in [-0.1, -0.05) is 31.7 Å². The molecular weight excluding hydrogens is 262 g/mol. The number of fused-ring (bicyclic) bond motifs is 1. The second-order valence-electron chi connectivity index (χ2n) is 5.85. The summed E-state index contributed by atoms with van der Waals surface area (Å²) in [5.41, 5.74) is 1.02. The summed E-state index contributed by atoms with van der Waals surface area (Å²) < 4.78 is 5.72. The van der Waals surface area contributed by atoms with Crippen LogP contribution in [0, 0.1) is 0 Å². The molecule has 1 aliphatic carbocycles. The molecule has 0 N–H and O–H groups in total. The Balaban J connectivity index is 1.97. The van der Waals surface area contributed by atoms with Crippen molar-refractivity contribution in [2.75, 3.05) is 7.11 Å². The predicted octanol–water partition coefficient (Wildman–Crippen LogP) is 4.16. The van der Waals surface area contributed by atoms with Gasteiger partial charge in [0.15, 0.2) is 5.78 Å². The minimum atomic E-state index is -0.633. The Labute approximate surface area is 125 Å². The molecule has 21 heavy (non-hydrogen) atoms. The molecule has 3 heteroatoms. The SMILES string of the molecule is COC1(C(=O)c2ccc3ncccc3c2)CCCCCC1. The molecule has 1 aliphatic rings. The van der Waals surface area contributed by atoms with Gasteiger partial charge in [-0.3, -0.25) is 9.78 Å². The van der Waals surface area contributed by atoms with Crippen molar-refractivity contribution in [3.05, 3.63) is 42.1 Å². The van der Waals surface area contributed by atoms with E-state index in [0.29, 0.717) is 0 Å². The van der Waals surface area contributed by atoms with Crippen molar-refractivity contribution in [2.45, 2.75) is 44.1 Å².